The predicted octanol–water partition coefficient (Wildman–Crippen LogP) is 1.01. The van der Waals surface area contributed by atoms with Crippen LogP contribution in [0.3, 0.4) is 0 Å². The molecule has 0 atom stereocenters. The third kappa shape index (κ3) is 4.82. The third-order valence-corrected chi connectivity index (χ3v) is 2.11. The van der Waals surface area contributed by atoms with Crippen molar-refractivity contribution in [3.8, 4) is 24.4 Å². The standard InChI is InChI=1S/C11H10N4O.2CHN/c12-13-7-8-1-3-9(4-2-8)10-5-6-11(16)15-14-10;2*1-2/h1-7H,12H2,(H,15,16);2*1H. The topological polar surface area (TPSA) is 132 Å². The van der Waals surface area contributed by atoms with Crippen LogP contribution in [0.15, 0.2) is 46.3 Å². The van der Waals surface area contributed by atoms with Crippen molar-refractivity contribution in [1.82, 2.24) is 10.2 Å². The minimum absolute atomic E-state index is 0.212. The van der Waals surface area contributed by atoms with Crippen LogP contribution in [-0.2, 0) is 0 Å². The second-order valence-electron chi connectivity index (χ2n) is 3.21. The Morgan fingerprint density at radius 1 is 1.10 bits per heavy atom. The number of aromatic nitrogens is 2. The molecule has 0 saturated carbocycles. The molecule has 0 spiro atoms. The minimum atomic E-state index is -0.212. The van der Waals surface area contributed by atoms with Crippen molar-refractivity contribution in [2.75, 3.05) is 0 Å². The number of hydrogen-bond donors (Lipinski definition) is 2. The van der Waals surface area contributed by atoms with Gasteiger partial charge in [0.15, 0.2) is 0 Å². The zero-order valence-corrected chi connectivity index (χ0v) is 10.5. The van der Waals surface area contributed by atoms with Gasteiger partial charge in [0.05, 0.1) is 11.9 Å². The third-order valence-electron chi connectivity index (χ3n) is 2.11. The van der Waals surface area contributed by atoms with Gasteiger partial charge in [0.25, 0.3) is 5.56 Å². The lowest BCUT2D eigenvalue weighted by Crippen LogP contribution is -2.05. The van der Waals surface area contributed by atoms with Crippen LogP contribution >= 0.6 is 0 Å². The van der Waals surface area contributed by atoms with Gasteiger partial charge in [0, 0.05) is 24.8 Å². The summed E-state index contributed by atoms with van der Waals surface area (Å²) in [4.78, 5) is 10.8. The first-order valence-electron chi connectivity index (χ1n) is 5.20. The first-order chi connectivity index (χ1) is 9.79. The summed E-state index contributed by atoms with van der Waals surface area (Å²) in [6.07, 6.45) is 1.56. The summed E-state index contributed by atoms with van der Waals surface area (Å²) >= 11 is 0. The fraction of sp³-hybridized carbons (Fsp3) is 0. The zero-order valence-electron chi connectivity index (χ0n) is 10.5. The summed E-state index contributed by atoms with van der Waals surface area (Å²) in [6, 6.07) is 10.6. The zero-order chi connectivity index (χ0) is 15.4. The van der Waals surface area contributed by atoms with Gasteiger partial charge >= 0.3 is 0 Å². The van der Waals surface area contributed by atoms with E-state index >= 15 is 0 Å². The molecule has 0 bridgehead atoms. The first kappa shape index (κ1) is 16.6. The van der Waals surface area contributed by atoms with Crippen molar-refractivity contribution >= 4 is 6.21 Å². The van der Waals surface area contributed by atoms with Crippen LogP contribution in [0.1, 0.15) is 5.56 Å². The maximum atomic E-state index is 10.8. The molecule has 2 rings (SSSR count). The fourth-order valence-corrected chi connectivity index (χ4v) is 1.33. The molecule has 0 radical (unpaired) electrons. The molecule has 7 heteroatoms. The molecule has 0 saturated heterocycles. The highest BCUT2D eigenvalue weighted by Gasteiger charge is 1.98. The van der Waals surface area contributed by atoms with Gasteiger partial charge in [-0.05, 0) is 11.6 Å². The fourth-order valence-electron chi connectivity index (χ4n) is 1.33. The molecule has 3 N–H and O–H groups in total. The lowest BCUT2D eigenvalue weighted by atomic mass is 10.1. The Morgan fingerprint density at radius 2 is 1.70 bits per heavy atom. The van der Waals surface area contributed by atoms with E-state index in [1.54, 1.807) is 12.3 Å². The number of aromatic amines is 1. The number of hydrogen-bond acceptors (Lipinski definition) is 6. The highest BCUT2D eigenvalue weighted by molar-refractivity contribution is 5.80. The monoisotopic (exact) mass is 268 g/mol. The Balaban J connectivity index is 0.000000829. The molecule has 100 valence electrons. The van der Waals surface area contributed by atoms with Crippen LogP contribution in [0.4, 0.5) is 0 Å². The molecular weight excluding hydrogens is 256 g/mol. The molecule has 20 heavy (non-hydrogen) atoms. The number of hydrazone groups is 1. The van der Waals surface area contributed by atoms with Gasteiger partial charge < -0.3 is 5.84 Å². The Bertz CT molecular complexity index is 613. The van der Waals surface area contributed by atoms with Gasteiger partial charge in [-0.3, -0.25) is 4.79 Å². The molecule has 2 aromatic rings. The summed E-state index contributed by atoms with van der Waals surface area (Å²) in [5.41, 5.74) is 2.34. The van der Waals surface area contributed by atoms with Crippen LogP contribution in [0.2, 0.25) is 0 Å². The second kappa shape index (κ2) is 9.57. The lowest BCUT2D eigenvalue weighted by Gasteiger charge is -1.99. The lowest BCUT2D eigenvalue weighted by molar-refractivity contribution is 0.995. The molecule has 0 fully saturated rings. The average molecular weight is 268 g/mol. The van der Waals surface area contributed by atoms with Crippen LogP contribution in [0.25, 0.3) is 11.3 Å². The van der Waals surface area contributed by atoms with E-state index in [2.05, 4.69) is 28.4 Å². The normalized spacial score (nSPS) is 8.80. The van der Waals surface area contributed by atoms with Crippen LogP contribution in [-0.4, -0.2) is 16.4 Å². The van der Waals surface area contributed by atoms with E-state index in [-0.39, 0.29) is 5.56 Å². The quantitative estimate of drug-likeness (QED) is 0.476. The van der Waals surface area contributed by atoms with Crippen LogP contribution in [0.5, 0.6) is 0 Å². The van der Waals surface area contributed by atoms with E-state index < -0.39 is 0 Å². The molecule has 0 aliphatic heterocycles. The molecule has 0 aliphatic carbocycles. The summed E-state index contributed by atoms with van der Waals surface area (Å²) in [5, 5.41) is 22.7. The summed E-state index contributed by atoms with van der Waals surface area (Å²) in [6.45, 7) is 7.00. The van der Waals surface area contributed by atoms with E-state index in [4.69, 9.17) is 16.4 Å². The highest BCUT2D eigenvalue weighted by Crippen LogP contribution is 2.14. The Labute approximate surface area is 115 Å². The molecule has 7 nitrogen and oxygen atoms in total. The van der Waals surface area contributed by atoms with Crippen LogP contribution < -0.4 is 11.4 Å². The number of rotatable bonds is 2. The molecule has 0 unspecified atom stereocenters. The van der Waals surface area contributed by atoms with Gasteiger partial charge in [0.1, 0.15) is 0 Å². The smallest absolute Gasteiger partial charge is 0.264 e. The van der Waals surface area contributed by atoms with E-state index in [0.717, 1.165) is 16.8 Å². The molecule has 0 amide bonds. The maximum Gasteiger partial charge on any atom is 0.264 e. The number of nitrogens with two attached hydrogens (primary N) is 1. The molecule has 1 heterocycles. The van der Waals surface area contributed by atoms with Gasteiger partial charge in [-0.2, -0.15) is 10.2 Å². The first-order valence-corrected chi connectivity index (χ1v) is 5.20. The van der Waals surface area contributed by atoms with E-state index in [1.165, 1.54) is 6.07 Å². The van der Waals surface area contributed by atoms with Crippen molar-refractivity contribution in [2.45, 2.75) is 0 Å². The van der Waals surface area contributed by atoms with Crippen molar-refractivity contribution in [3.05, 3.63) is 52.3 Å². The largest absolute Gasteiger partial charge is 0.323 e. The highest BCUT2D eigenvalue weighted by atomic mass is 16.1. The minimum Gasteiger partial charge on any atom is -0.323 e. The molecule has 1 aromatic carbocycles. The van der Waals surface area contributed by atoms with E-state index in [0.29, 0.717) is 0 Å². The number of nitriles is 2. The van der Waals surface area contributed by atoms with E-state index in [9.17, 15) is 4.79 Å². The van der Waals surface area contributed by atoms with Gasteiger partial charge in [0.2, 0.25) is 0 Å². The summed E-state index contributed by atoms with van der Waals surface area (Å²) in [5.74, 6) is 5.04. The Kier molecular flexibility index (Phi) is 7.92. The van der Waals surface area contributed by atoms with Gasteiger partial charge in [-0.25, -0.2) is 15.6 Å². The maximum absolute atomic E-state index is 10.8. The number of nitrogens with one attached hydrogen (secondary N) is 1. The Hall–Kier alpha value is -3.45. The molecule has 0 aliphatic rings. The van der Waals surface area contributed by atoms with Crippen molar-refractivity contribution in [2.24, 2.45) is 10.9 Å². The number of benzene rings is 1. The number of H-pyrrole nitrogens is 1. The van der Waals surface area contributed by atoms with Gasteiger partial charge in [-0.1, -0.05) is 24.3 Å². The summed E-state index contributed by atoms with van der Waals surface area (Å²) in [7, 11) is 0. The Morgan fingerprint density at radius 3 is 2.15 bits per heavy atom. The van der Waals surface area contributed by atoms with E-state index in [1.807, 2.05) is 24.3 Å². The second-order valence-corrected chi connectivity index (χ2v) is 3.21. The SMILES string of the molecule is C#N.C#N.NN=Cc1ccc(-c2ccc(=O)[nH]n2)cc1. The molecule has 1 aromatic heterocycles. The van der Waals surface area contributed by atoms with Crippen molar-refractivity contribution < 1.29 is 0 Å². The van der Waals surface area contributed by atoms with Crippen molar-refractivity contribution in [3.63, 3.8) is 0 Å². The summed E-state index contributed by atoms with van der Waals surface area (Å²) < 4.78 is 0. The number of nitrogens with zero attached hydrogens (tertiary/aromatic N) is 4. The van der Waals surface area contributed by atoms with Gasteiger partial charge in [-0.15, -0.1) is 0 Å². The van der Waals surface area contributed by atoms with Crippen molar-refractivity contribution in [1.29, 1.82) is 10.5 Å². The molecular formula is C13H12N6O. The predicted molar refractivity (Wildman–Crippen MR) is 75.4 cm³/mol. The average Bonchev–Trinajstić information content (AvgIpc) is 2.53. The van der Waals surface area contributed by atoms with Crippen LogP contribution in [0, 0.1) is 23.7 Å².